The Morgan fingerprint density at radius 1 is 1.40 bits per heavy atom. The number of likely N-dealkylation sites (tertiary alicyclic amines) is 1. The first-order valence-electron chi connectivity index (χ1n) is 6.84. The second-order valence-electron chi connectivity index (χ2n) is 5.31. The van der Waals surface area contributed by atoms with Crippen LogP contribution in [0.3, 0.4) is 0 Å². The lowest BCUT2D eigenvalue weighted by Gasteiger charge is -2.28. The smallest absolute Gasteiger partial charge is 0.258 e. The van der Waals surface area contributed by atoms with E-state index >= 15 is 0 Å². The molecule has 2 rings (SSSR count). The first-order chi connectivity index (χ1) is 9.51. The number of hydrogen-bond acceptors (Lipinski definition) is 5. The molecule has 1 aromatic heterocycles. The quantitative estimate of drug-likeness (QED) is 0.808. The molecule has 0 aromatic carbocycles. The molecule has 1 fully saturated rings. The number of piperidine rings is 1. The van der Waals surface area contributed by atoms with Crippen LogP contribution in [-0.4, -0.2) is 45.0 Å². The lowest BCUT2D eigenvalue weighted by molar-refractivity contribution is 0.220. The van der Waals surface area contributed by atoms with Gasteiger partial charge in [0.05, 0.1) is 0 Å². The third kappa shape index (κ3) is 3.99. The van der Waals surface area contributed by atoms with Crippen LogP contribution >= 0.6 is 0 Å². The minimum absolute atomic E-state index is 0.0580. The largest absolute Gasteiger partial charge is 0.326 e. The predicted octanol–water partition coefficient (Wildman–Crippen LogP) is 0.160. The first kappa shape index (κ1) is 15.4. The molecule has 0 unspecified atom stereocenters. The summed E-state index contributed by atoms with van der Waals surface area (Å²) in [6, 6.07) is 3.19. The Morgan fingerprint density at radius 2 is 2.10 bits per heavy atom. The van der Waals surface area contributed by atoms with Crippen LogP contribution in [0.2, 0.25) is 0 Å². The number of rotatable bonds is 5. The number of nitrogens with one attached hydrogen (secondary N) is 1. The van der Waals surface area contributed by atoms with Crippen molar-refractivity contribution in [1.82, 2.24) is 14.6 Å². The molecule has 112 valence electrons. The summed E-state index contributed by atoms with van der Waals surface area (Å²) in [5.74, 6) is 0.407. The van der Waals surface area contributed by atoms with Crippen LogP contribution in [0.1, 0.15) is 18.4 Å². The van der Waals surface area contributed by atoms with Gasteiger partial charge in [-0.05, 0) is 50.5 Å². The molecule has 1 aliphatic rings. The molecule has 0 atom stereocenters. The number of nitrogens with two attached hydrogens (primary N) is 1. The van der Waals surface area contributed by atoms with E-state index in [-0.39, 0.29) is 5.03 Å². The summed E-state index contributed by atoms with van der Waals surface area (Å²) in [6.07, 6.45) is 3.56. The van der Waals surface area contributed by atoms with Crippen molar-refractivity contribution in [3.8, 4) is 0 Å². The maximum atomic E-state index is 12.1. The summed E-state index contributed by atoms with van der Waals surface area (Å²) in [5, 5.41) is 0.0580. The number of aromatic nitrogens is 1. The molecule has 7 heteroatoms. The van der Waals surface area contributed by atoms with Gasteiger partial charge in [-0.25, -0.2) is 18.1 Å². The molecule has 0 amide bonds. The van der Waals surface area contributed by atoms with Crippen LogP contribution in [0.15, 0.2) is 23.4 Å². The second kappa shape index (κ2) is 6.62. The molecule has 0 spiro atoms. The number of nitrogens with zero attached hydrogens (tertiary/aromatic N) is 2. The molecule has 6 nitrogen and oxygen atoms in total. The average Bonchev–Trinajstić information content (AvgIpc) is 2.47. The Morgan fingerprint density at radius 3 is 2.65 bits per heavy atom. The van der Waals surface area contributed by atoms with Gasteiger partial charge in [0.25, 0.3) is 10.0 Å². The SMILES string of the molecule is CN1CCC(CNS(=O)(=O)c2ccc(CN)cn2)CC1. The van der Waals surface area contributed by atoms with Crippen LogP contribution in [0.25, 0.3) is 0 Å². The topological polar surface area (TPSA) is 88.3 Å². The van der Waals surface area contributed by atoms with Crippen molar-refractivity contribution >= 4 is 10.0 Å². The lowest BCUT2D eigenvalue weighted by atomic mass is 9.98. The Bertz CT molecular complexity index is 522. The Kier molecular flexibility index (Phi) is 5.09. The zero-order valence-corrected chi connectivity index (χ0v) is 12.6. The Labute approximate surface area is 120 Å². The van der Waals surface area contributed by atoms with Crippen molar-refractivity contribution in [1.29, 1.82) is 0 Å². The van der Waals surface area contributed by atoms with Crippen molar-refractivity contribution in [2.75, 3.05) is 26.7 Å². The van der Waals surface area contributed by atoms with Gasteiger partial charge in [-0.2, -0.15) is 0 Å². The number of sulfonamides is 1. The van der Waals surface area contributed by atoms with Gasteiger partial charge in [-0.3, -0.25) is 0 Å². The average molecular weight is 298 g/mol. The van der Waals surface area contributed by atoms with Crippen LogP contribution in [0, 0.1) is 5.92 Å². The van der Waals surface area contributed by atoms with E-state index in [4.69, 9.17) is 5.73 Å². The van der Waals surface area contributed by atoms with Crippen LogP contribution in [0.5, 0.6) is 0 Å². The van der Waals surface area contributed by atoms with Gasteiger partial charge in [0.15, 0.2) is 5.03 Å². The van der Waals surface area contributed by atoms with Crippen molar-refractivity contribution < 1.29 is 8.42 Å². The summed E-state index contributed by atoms with van der Waals surface area (Å²) in [7, 11) is -1.43. The van der Waals surface area contributed by atoms with E-state index in [9.17, 15) is 8.42 Å². The fraction of sp³-hybridized carbons (Fsp3) is 0.615. The van der Waals surface area contributed by atoms with Crippen molar-refractivity contribution in [2.24, 2.45) is 11.7 Å². The molecule has 1 aromatic rings. The second-order valence-corrected chi connectivity index (χ2v) is 7.02. The van der Waals surface area contributed by atoms with Gasteiger partial charge < -0.3 is 10.6 Å². The molecule has 3 N–H and O–H groups in total. The van der Waals surface area contributed by atoms with E-state index < -0.39 is 10.0 Å². The summed E-state index contributed by atoms with van der Waals surface area (Å²) < 4.78 is 26.9. The van der Waals surface area contributed by atoms with Gasteiger partial charge in [-0.1, -0.05) is 6.07 Å². The normalized spacial score (nSPS) is 18.3. The Balaban J connectivity index is 1.93. The maximum Gasteiger partial charge on any atom is 0.258 e. The van der Waals surface area contributed by atoms with E-state index in [1.165, 1.54) is 12.3 Å². The molecule has 0 radical (unpaired) electrons. The van der Waals surface area contributed by atoms with E-state index in [1.807, 2.05) is 0 Å². The van der Waals surface area contributed by atoms with E-state index in [0.29, 0.717) is 19.0 Å². The summed E-state index contributed by atoms with van der Waals surface area (Å²) >= 11 is 0. The molecule has 1 aliphatic heterocycles. The fourth-order valence-corrected chi connectivity index (χ4v) is 3.30. The highest BCUT2D eigenvalue weighted by Gasteiger charge is 2.21. The minimum atomic E-state index is -3.51. The highest BCUT2D eigenvalue weighted by atomic mass is 32.2. The van der Waals surface area contributed by atoms with E-state index in [2.05, 4.69) is 21.7 Å². The molecule has 2 heterocycles. The van der Waals surface area contributed by atoms with Gasteiger partial charge in [0.2, 0.25) is 0 Å². The summed E-state index contributed by atoms with van der Waals surface area (Å²) in [5.41, 5.74) is 6.29. The summed E-state index contributed by atoms with van der Waals surface area (Å²) in [6.45, 7) is 2.89. The minimum Gasteiger partial charge on any atom is -0.326 e. The van der Waals surface area contributed by atoms with Crippen LogP contribution in [0.4, 0.5) is 0 Å². The monoisotopic (exact) mass is 298 g/mol. The third-order valence-corrected chi connectivity index (χ3v) is 5.05. The molecular formula is C13H22N4O2S. The van der Waals surface area contributed by atoms with Crippen LogP contribution < -0.4 is 10.5 Å². The maximum absolute atomic E-state index is 12.1. The number of pyridine rings is 1. The van der Waals surface area contributed by atoms with Crippen molar-refractivity contribution in [3.05, 3.63) is 23.9 Å². The molecule has 0 bridgehead atoms. The predicted molar refractivity (Wildman–Crippen MR) is 77.5 cm³/mol. The molecule has 0 aliphatic carbocycles. The third-order valence-electron chi connectivity index (χ3n) is 3.71. The fourth-order valence-electron chi connectivity index (χ4n) is 2.26. The molecular weight excluding hydrogens is 276 g/mol. The highest BCUT2D eigenvalue weighted by molar-refractivity contribution is 7.89. The molecule has 1 saturated heterocycles. The standard InChI is InChI=1S/C13H22N4O2S/c1-17-6-4-11(5-7-17)10-16-20(18,19)13-3-2-12(8-14)9-15-13/h2-3,9,11,16H,4-8,10,14H2,1H3. The zero-order chi connectivity index (χ0) is 14.6. The van der Waals surface area contributed by atoms with Crippen LogP contribution in [-0.2, 0) is 16.6 Å². The van der Waals surface area contributed by atoms with Crippen molar-refractivity contribution in [3.63, 3.8) is 0 Å². The lowest BCUT2D eigenvalue weighted by Crippen LogP contribution is -2.37. The van der Waals surface area contributed by atoms with Gasteiger partial charge in [0, 0.05) is 19.3 Å². The van der Waals surface area contributed by atoms with Gasteiger partial charge in [-0.15, -0.1) is 0 Å². The van der Waals surface area contributed by atoms with Gasteiger partial charge >= 0.3 is 0 Å². The molecule has 20 heavy (non-hydrogen) atoms. The number of hydrogen-bond donors (Lipinski definition) is 2. The Hall–Kier alpha value is -1.02. The van der Waals surface area contributed by atoms with E-state index in [0.717, 1.165) is 31.5 Å². The first-order valence-corrected chi connectivity index (χ1v) is 8.33. The van der Waals surface area contributed by atoms with Gasteiger partial charge in [0.1, 0.15) is 0 Å². The van der Waals surface area contributed by atoms with E-state index in [1.54, 1.807) is 6.07 Å². The molecule has 0 saturated carbocycles. The zero-order valence-electron chi connectivity index (χ0n) is 11.7. The van der Waals surface area contributed by atoms with Crippen molar-refractivity contribution in [2.45, 2.75) is 24.4 Å². The summed E-state index contributed by atoms with van der Waals surface area (Å²) in [4.78, 5) is 6.22. The highest BCUT2D eigenvalue weighted by Crippen LogP contribution is 2.16.